The summed E-state index contributed by atoms with van der Waals surface area (Å²) in [6, 6.07) is 0. The van der Waals surface area contributed by atoms with Crippen molar-refractivity contribution < 1.29 is 68.8 Å². The van der Waals surface area contributed by atoms with E-state index in [1.807, 2.05) is 0 Å². The van der Waals surface area contributed by atoms with Crippen molar-refractivity contribution in [3.05, 3.63) is 0 Å². The summed E-state index contributed by atoms with van der Waals surface area (Å²) in [5, 5.41) is 17.9. The van der Waals surface area contributed by atoms with Gasteiger partial charge in [0.25, 0.3) is 0 Å². The Morgan fingerprint density at radius 1 is 1.00 bits per heavy atom. The molecular formula is C2NaO4Zn+. The van der Waals surface area contributed by atoms with E-state index >= 15 is 0 Å². The molecule has 0 aromatic heterocycles. The fourth-order valence-corrected chi connectivity index (χ4v) is 0. The van der Waals surface area contributed by atoms with E-state index in [-0.39, 0.29) is 49.0 Å². The number of carboxylic acid groups (broad SMARTS) is 2. The molecule has 0 saturated carbocycles. The summed E-state index contributed by atoms with van der Waals surface area (Å²) in [7, 11) is 0. The van der Waals surface area contributed by atoms with Gasteiger partial charge in [0.2, 0.25) is 0 Å². The SMILES string of the molecule is O=C([O-])C(=O)[O-].[Na+].[Zn+2]. The second-order valence-corrected chi connectivity index (χ2v) is 0.575. The molecular weight excluding hydrogens is 176 g/mol. The van der Waals surface area contributed by atoms with E-state index in [1.165, 1.54) is 0 Å². The van der Waals surface area contributed by atoms with Gasteiger partial charge in [-0.3, -0.25) is 0 Å². The van der Waals surface area contributed by atoms with Crippen LogP contribution in [0.2, 0.25) is 0 Å². The molecule has 0 aromatic carbocycles. The Bertz CT molecular complexity index is 80.0. The number of hydrogen-bond donors (Lipinski definition) is 0. The largest absolute Gasteiger partial charge is 2.00 e. The predicted molar refractivity (Wildman–Crippen MR) is 10.0 cm³/mol. The third kappa shape index (κ3) is 9.76. The Hall–Kier alpha value is 0.563. The van der Waals surface area contributed by atoms with Crippen molar-refractivity contribution in [1.82, 2.24) is 0 Å². The summed E-state index contributed by atoms with van der Waals surface area (Å²) >= 11 is 0. The Morgan fingerprint density at radius 2 is 1.12 bits per heavy atom. The monoisotopic (exact) mass is 175 g/mol. The van der Waals surface area contributed by atoms with Crippen LogP contribution in [-0.4, -0.2) is 11.9 Å². The minimum atomic E-state index is -2.19. The quantitative estimate of drug-likeness (QED) is 0.271. The number of carboxylic acids is 2. The fraction of sp³-hybridized carbons (Fsp3) is 0. The molecule has 0 fully saturated rings. The average Bonchev–Trinajstić information content (AvgIpc) is 1.36. The molecule has 0 atom stereocenters. The summed E-state index contributed by atoms with van der Waals surface area (Å²) in [5.74, 6) is -4.37. The van der Waals surface area contributed by atoms with Gasteiger partial charge in [-0.25, -0.2) is 0 Å². The Morgan fingerprint density at radius 3 is 1.12 bits per heavy atom. The third-order valence-corrected chi connectivity index (χ3v) is 0.167. The van der Waals surface area contributed by atoms with Crippen LogP contribution in [0.1, 0.15) is 0 Å². The first-order valence-electron chi connectivity index (χ1n) is 1.07. The van der Waals surface area contributed by atoms with Crippen LogP contribution in [0.3, 0.4) is 0 Å². The van der Waals surface area contributed by atoms with Crippen LogP contribution in [0, 0.1) is 0 Å². The number of rotatable bonds is 0. The van der Waals surface area contributed by atoms with E-state index in [0.717, 1.165) is 0 Å². The van der Waals surface area contributed by atoms with Crippen LogP contribution in [0.25, 0.3) is 0 Å². The van der Waals surface area contributed by atoms with Gasteiger partial charge < -0.3 is 19.8 Å². The Labute approximate surface area is 80.3 Å². The first-order valence-corrected chi connectivity index (χ1v) is 1.07. The molecule has 4 nitrogen and oxygen atoms in total. The van der Waals surface area contributed by atoms with E-state index in [1.54, 1.807) is 0 Å². The van der Waals surface area contributed by atoms with Crippen molar-refractivity contribution in [3.63, 3.8) is 0 Å². The molecule has 0 radical (unpaired) electrons. The molecule has 0 amide bonds. The smallest absolute Gasteiger partial charge is 0.543 e. The molecule has 0 unspecified atom stereocenters. The second kappa shape index (κ2) is 7.56. The normalized spacial score (nSPS) is 5.50. The zero-order valence-electron chi connectivity index (χ0n) is 4.34. The van der Waals surface area contributed by atoms with E-state index in [9.17, 15) is 0 Å². The number of carbonyl (C=O) groups is 2. The standard InChI is InChI=1S/C2H2O4.Na.Zn/c3-1(4)2(5)6;;/h(H,3,4)(H,5,6);;/q;+1;+2/p-2. The summed E-state index contributed by atoms with van der Waals surface area (Å²) < 4.78 is 0. The van der Waals surface area contributed by atoms with Crippen molar-refractivity contribution in [3.8, 4) is 0 Å². The zero-order valence-corrected chi connectivity index (χ0v) is 9.31. The zero-order chi connectivity index (χ0) is 5.15. The van der Waals surface area contributed by atoms with Gasteiger partial charge in [0, 0.05) is 0 Å². The Kier molecular flexibility index (Phi) is 15.0. The molecule has 0 rings (SSSR count). The third-order valence-electron chi connectivity index (χ3n) is 0.167. The molecule has 0 spiro atoms. The summed E-state index contributed by atoms with van der Waals surface area (Å²) in [6.07, 6.45) is 0. The first-order chi connectivity index (χ1) is 2.64. The van der Waals surface area contributed by atoms with Gasteiger partial charge in [0.1, 0.15) is 0 Å². The van der Waals surface area contributed by atoms with E-state index in [0.29, 0.717) is 0 Å². The molecule has 6 heteroatoms. The Balaban J connectivity index is -0.000000125. The summed E-state index contributed by atoms with van der Waals surface area (Å²) in [5.41, 5.74) is 0. The average molecular weight is 176 g/mol. The minimum absolute atomic E-state index is 0. The summed E-state index contributed by atoms with van der Waals surface area (Å²) in [4.78, 5) is 17.9. The van der Waals surface area contributed by atoms with Gasteiger partial charge in [-0.1, -0.05) is 0 Å². The van der Waals surface area contributed by atoms with Crippen LogP contribution in [-0.2, 0) is 29.1 Å². The molecule has 0 saturated heterocycles. The molecule has 0 N–H and O–H groups in total. The van der Waals surface area contributed by atoms with Gasteiger partial charge in [0.15, 0.2) is 0 Å². The molecule has 8 heavy (non-hydrogen) atoms. The van der Waals surface area contributed by atoms with Crippen LogP contribution in [0.15, 0.2) is 0 Å². The maximum atomic E-state index is 8.93. The van der Waals surface area contributed by atoms with E-state index in [2.05, 4.69) is 0 Å². The van der Waals surface area contributed by atoms with Gasteiger partial charge in [-0.15, -0.1) is 0 Å². The van der Waals surface area contributed by atoms with Crippen molar-refractivity contribution in [2.24, 2.45) is 0 Å². The fourth-order valence-electron chi connectivity index (χ4n) is 0. The minimum Gasteiger partial charge on any atom is -0.543 e. The summed E-state index contributed by atoms with van der Waals surface area (Å²) in [6.45, 7) is 0. The maximum absolute atomic E-state index is 8.93. The molecule has 0 bridgehead atoms. The van der Waals surface area contributed by atoms with Crippen LogP contribution in [0.5, 0.6) is 0 Å². The molecule has 0 aromatic rings. The van der Waals surface area contributed by atoms with Crippen LogP contribution >= 0.6 is 0 Å². The number of hydrogen-bond acceptors (Lipinski definition) is 4. The molecule has 0 aliphatic rings. The van der Waals surface area contributed by atoms with Crippen molar-refractivity contribution >= 4 is 11.9 Å². The van der Waals surface area contributed by atoms with Crippen LogP contribution in [0.4, 0.5) is 0 Å². The van der Waals surface area contributed by atoms with Gasteiger partial charge in [-0.05, 0) is 0 Å². The van der Waals surface area contributed by atoms with Crippen molar-refractivity contribution in [2.45, 2.75) is 0 Å². The molecule has 0 aliphatic heterocycles. The van der Waals surface area contributed by atoms with Gasteiger partial charge >= 0.3 is 49.0 Å². The van der Waals surface area contributed by atoms with Crippen molar-refractivity contribution in [1.29, 1.82) is 0 Å². The van der Waals surface area contributed by atoms with E-state index in [4.69, 9.17) is 19.8 Å². The second-order valence-electron chi connectivity index (χ2n) is 0.575. The topological polar surface area (TPSA) is 80.3 Å². The van der Waals surface area contributed by atoms with E-state index < -0.39 is 11.9 Å². The number of carbonyl (C=O) groups excluding carboxylic acids is 2. The number of aliphatic carboxylic acids is 2. The van der Waals surface area contributed by atoms with Crippen LogP contribution < -0.4 is 39.8 Å². The molecule has 34 valence electrons. The molecule has 0 heterocycles. The maximum Gasteiger partial charge on any atom is 2.00 e. The first kappa shape index (κ1) is 15.8. The molecule has 0 aliphatic carbocycles. The predicted octanol–water partition coefficient (Wildman–Crippen LogP) is -6.51. The van der Waals surface area contributed by atoms with Gasteiger partial charge in [0.05, 0.1) is 11.9 Å². The van der Waals surface area contributed by atoms with Crippen molar-refractivity contribution in [2.75, 3.05) is 0 Å². The van der Waals surface area contributed by atoms with Gasteiger partial charge in [-0.2, -0.15) is 0 Å².